The predicted octanol–water partition coefficient (Wildman–Crippen LogP) is 3.75. The van der Waals surface area contributed by atoms with Crippen LogP contribution in [0.5, 0.6) is 5.75 Å². The second kappa shape index (κ2) is 6.26. The van der Waals surface area contributed by atoms with Gasteiger partial charge in [0.1, 0.15) is 5.75 Å². The number of nitrogens with one attached hydrogen (secondary N) is 1. The van der Waals surface area contributed by atoms with Crippen molar-refractivity contribution in [2.45, 2.75) is 31.5 Å². The van der Waals surface area contributed by atoms with Gasteiger partial charge in [0.15, 0.2) is 0 Å². The highest BCUT2D eigenvalue weighted by Crippen LogP contribution is 2.34. The molecule has 0 amide bonds. The van der Waals surface area contributed by atoms with E-state index in [1.807, 2.05) is 11.4 Å². The lowest BCUT2D eigenvalue weighted by molar-refractivity contribution is -0.135. The summed E-state index contributed by atoms with van der Waals surface area (Å²) >= 11 is 1.50. The van der Waals surface area contributed by atoms with Crippen LogP contribution in [-0.2, 0) is 0 Å². The molecule has 1 heterocycles. The summed E-state index contributed by atoms with van der Waals surface area (Å²) in [6.07, 6.45) is -4.24. The lowest BCUT2D eigenvalue weighted by Crippen LogP contribution is -2.17. The van der Waals surface area contributed by atoms with Gasteiger partial charge >= 0.3 is 6.18 Å². The highest BCUT2D eigenvalue weighted by molar-refractivity contribution is 7.10. The molecule has 1 aromatic heterocycles. The summed E-state index contributed by atoms with van der Waals surface area (Å²) in [4.78, 5) is 0.956. The van der Waals surface area contributed by atoms with Gasteiger partial charge in [0, 0.05) is 12.5 Å². The third-order valence-corrected chi connectivity index (χ3v) is 3.51. The topological polar surface area (TPSA) is 21.3 Å². The van der Waals surface area contributed by atoms with Crippen LogP contribution in [0, 0.1) is 0 Å². The van der Waals surface area contributed by atoms with E-state index in [0.717, 1.165) is 10.6 Å². The fraction of sp³-hybridized carbons (Fsp3) is 0.636. The molecule has 0 spiro atoms. The standard InChI is InChI=1S/C11H16F3NOS/c1-15-8(4-3-6-11(12,13)14)10-9(16-2)5-7-17-10/h5,7-8,15H,3-4,6H2,1-2H3. The molecule has 0 fully saturated rings. The number of halogens is 3. The van der Waals surface area contributed by atoms with E-state index in [0.29, 0.717) is 6.42 Å². The summed E-state index contributed by atoms with van der Waals surface area (Å²) in [5.41, 5.74) is 0. The van der Waals surface area contributed by atoms with Crippen LogP contribution >= 0.6 is 11.3 Å². The number of hydrogen-bond donors (Lipinski definition) is 1. The van der Waals surface area contributed by atoms with Gasteiger partial charge in [-0.3, -0.25) is 0 Å². The maximum Gasteiger partial charge on any atom is 0.389 e. The summed E-state index contributed by atoms with van der Waals surface area (Å²) in [7, 11) is 3.31. The minimum atomic E-state index is -4.07. The fourth-order valence-electron chi connectivity index (χ4n) is 1.64. The van der Waals surface area contributed by atoms with Crippen molar-refractivity contribution >= 4 is 11.3 Å². The third kappa shape index (κ3) is 4.55. The Morgan fingerprint density at radius 2 is 2.18 bits per heavy atom. The van der Waals surface area contributed by atoms with Crippen molar-refractivity contribution in [3.8, 4) is 5.75 Å². The van der Waals surface area contributed by atoms with E-state index in [1.165, 1.54) is 11.3 Å². The summed E-state index contributed by atoms with van der Waals surface area (Å²) < 4.78 is 41.3. The van der Waals surface area contributed by atoms with Crippen molar-refractivity contribution in [1.29, 1.82) is 0 Å². The van der Waals surface area contributed by atoms with Crippen LogP contribution in [-0.4, -0.2) is 20.3 Å². The normalized spacial score (nSPS) is 13.7. The largest absolute Gasteiger partial charge is 0.496 e. The van der Waals surface area contributed by atoms with Crippen LogP contribution in [0.2, 0.25) is 0 Å². The molecular weight excluding hydrogens is 251 g/mol. The SMILES string of the molecule is CNC(CCCC(F)(F)F)c1sccc1OC. The Morgan fingerprint density at radius 1 is 1.47 bits per heavy atom. The number of ether oxygens (including phenoxy) is 1. The van der Waals surface area contributed by atoms with Crippen molar-refractivity contribution < 1.29 is 17.9 Å². The molecule has 0 aliphatic carbocycles. The Labute approximate surface area is 103 Å². The van der Waals surface area contributed by atoms with Crippen LogP contribution in [0.15, 0.2) is 11.4 Å². The van der Waals surface area contributed by atoms with Crippen LogP contribution in [0.25, 0.3) is 0 Å². The van der Waals surface area contributed by atoms with Gasteiger partial charge in [-0.25, -0.2) is 0 Å². The predicted molar refractivity (Wildman–Crippen MR) is 62.6 cm³/mol. The van der Waals surface area contributed by atoms with Crippen molar-refractivity contribution in [1.82, 2.24) is 5.32 Å². The molecule has 1 rings (SSSR count). The maximum absolute atomic E-state index is 12.1. The molecule has 0 radical (unpaired) electrons. The Bertz CT molecular complexity index is 338. The van der Waals surface area contributed by atoms with Crippen LogP contribution < -0.4 is 10.1 Å². The molecule has 1 unspecified atom stereocenters. The molecule has 0 aliphatic heterocycles. The van der Waals surface area contributed by atoms with Crippen LogP contribution in [0.1, 0.15) is 30.2 Å². The Balaban J connectivity index is 2.54. The first kappa shape index (κ1) is 14.3. The smallest absolute Gasteiger partial charge is 0.389 e. The van der Waals surface area contributed by atoms with Crippen molar-refractivity contribution in [3.05, 3.63) is 16.3 Å². The molecule has 6 heteroatoms. The molecule has 1 aromatic rings. The zero-order valence-electron chi connectivity index (χ0n) is 9.80. The second-order valence-electron chi connectivity index (χ2n) is 3.70. The zero-order valence-corrected chi connectivity index (χ0v) is 10.6. The third-order valence-electron chi connectivity index (χ3n) is 2.50. The maximum atomic E-state index is 12.1. The first-order valence-corrected chi connectivity index (χ1v) is 6.21. The Hall–Kier alpha value is -0.750. The molecule has 98 valence electrons. The van der Waals surface area contributed by atoms with Gasteiger partial charge in [-0.05, 0) is 31.3 Å². The lowest BCUT2D eigenvalue weighted by atomic mass is 10.1. The number of alkyl halides is 3. The van der Waals surface area contributed by atoms with E-state index >= 15 is 0 Å². The van der Waals surface area contributed by atoms with E-state index in [1.54, 1.807) is 14.2 Å². The summed E-state index contributed by atoms with van der Waals surface area (Å²) in [5, 5.41) is 4.91. The molecule has 1 atom stereocenters. The van der Waals surface area contributed by atoms with Crippen LogP contribution in [0.3, 0.4) is 0 Å². The van der Waals surface area contributed by atoms with Gasteiger partial charge in [0.2, 0.25) is 0 Å². The zero-order chi connectivity index (χ0) is 12.9. The number of hydrogen-bond acceptors (Lipinski definition) is 3. The number of methoxy groups -OCH3 is 1. The van der Waals surface area contributed by atoms with Crippen molar-refractivity contribution in [2.24, 2.45) is 0 Å². The van der Waals surface area contributed by atoms with Gasteiger partial charge in [-0.1, -0.05) is 0 Å². The van der Waals surface area contributed by atoms with Gasteiger partial charge < -0.3 is 10.1 Å². The number of thiophene rings is 1. The Kier molecular flexibility index (Phi) is 5.27. The summed E-state index contributed by atoms with van der Waals surface area (Å²) in [6, 6.07) is 1.75. The van der Waals surface area contributed by atoms with E-state index in [4.69, 9.17) is 4.74 Å². The summed E-state index contributed by atoms with van der Waals surface area (Å²) in [5.74, 6) is 0.737. The second-order valence-corrected chi connectivity index (χ2v) is 4.65. The fourth-order valence-corrected chi connectivity index (χ4v) is 2.65. The quantitative estimate of drug-likeness (QED) is 0.847. The molecular formula is C11H16F3NOS. The monoisotopic (exact) mass is 267 g/mol. The minimum absolute atomic E-state index is 0.0766. The molecule has 0 saturated heterocycles. The molecule has 0 aromatic carbocycles. The van der Waals surface area contributed by atoms with E-state index < -0.39 is 12.6 Å². The number of rotatable bonds is 6. The molecule has 2 nitrogen and oxygen atoms in total. The van der Waals surface area contributed by atoms with Crippen molar-refractivity contribution in [3.63, 3.8) is 0 Å². The van der Waals surface area contributed by atoms with Gasteiger partial charge in [-0.2, -0.15) is 13.2 Å². The van der Waals surface area contributed by atoms with E-state index in [9.17, 15) is 13.2 Å². The minimum Gasteiger partial charge on any atom is -0.496 e. The first-order valence-electron chi connectivity index (χ1n) is 5.33. The molecule has 0 aliphatic rings. The molecule has 17 heavy (non-hydrogen) atoms. The van der Waals surface area contributed by atoms with E-state index in [-0.39, 0.29) is 12.5 Å². The molecule has 0 bridgehead atoms. The first-order chi connectivity index (χ1) is 7.98. The lowest BCUT2D eigenvalue weighted by Gasteiger charge is -2.16. The van der Waals surface area contributed by atoms with Gasteiger partial charge in [0.25, 0.3) is 0 Å². The Morgan fingerprint density at radius 3 is 2.71 bits per heavy atom. The van der Waals surface area contributed by atoms with Crippen LogP contribution in [0.4, 0.5) is 13.2 Å². The highest BCUT2D eigenvalue weighted by atomic mass is 32.1. The average molecular weight is 267 g/mol. The molecule has 0 saturated carbocycles. The summed E-state index contributed by atoms with van der Waals surface area (Å²) in [6.45, 7) is 0. The van der Waals surface area contributed by atoms with Gasteiger partial charge in [-0.15, -0.1) is 11.3 Å². The van der Waals surface area contributed by atoms with Crippen molar-refractivity contribution in [2.75, 3.05) is 14.2 Å². The molecule has 1 N–H and O–H groups in total. The highest BCUT2D eigenvalue weighted by Gasteiger charge is 2.27. The van der Waals surface area contributed by atoms with Gasteiger partial charge in [0.05, 0.1) is 12.0 Å². The van der Waals surface area contributed by atoms with E-state index in [2.05, 4.69) is 5.32 Å². The average Bonchev–Trinajstić information content (AvgIpc) is 2.70.